The molecular formula is C16H21NO2. The molecule has 0 bridgehead atoms. The van der Waals surface area contributed by atoms with Crippen molar-refractivity contribution in [1.82, 2.24) is 5.32 Å². The quantitative estimate of drug-likeness (QED) is 0.902. The van der Waals surface area contributed by atoms with E-state index in [1.165, 1.54) is 11.1 Å². The van der Waals surface area contributed by atoms with Gasteiger partial charge in [-0.05, 0) is 36.8 Å². The van der Waals surface area contributed by atoms with Crippen LogP contribution in [0, 0.1) is 0 Å². The van der Waals surface area contributed by atoms with E-state index in [0.717, 1.165) is 38.8 Å². The van der Waals surface area contributed by atoms with Gasteiger partial charge in [0.05, 0.1) is 12.1 Å². The molecule has 0 saturated carbocycles. The van der Waals surface area contributed by atoms with Crippen molar-refractivity contribution in [1.29, 1.82) is 0 Å². The Labute approximate surface area is 114 Å². The number of benzene rings is 1. The largest absolute Gasteiger partial charge is 0.378 e. The number of ketones is 1. The molecule has 1 aromatic carbocycles. The predicted molar refractivity (Wildman–Crippen MR) is 74.1 cm³/mol. The van der Waals surface area contributed by atoms with E-state index in [4.69, 9.17) is 4.74 Å². The Morgan fingerprint density at radius 3 is 3.11 bits per heavy atom. The smallest absolute Gasteiger partial charge is 0.154 e. The summed E-state index contributed by atoms with van der Waals surface area (Å²) in [6.45, 7) is 1.76. The first-order chi connectivity index (χ1) is 9.34. The van der Waals surface area contributed by atoms with E-state index in [9.17, 15) is 4.79 Å². The van der Waals surface area contributed by atoms with E-state index in [-0.39, 0.29) is 6.04 Å². The first-order valence-electron chi connectivity index (χ1n) is 7.30. The van der Waals surface area contributed by atoms with Gasteiger partial charge >= 0.3 is 0 Å². The van der Waals surface area contributed by atoms with Gasteiger partial charge in [-0.3, -0.25) is 4.79 Å². The number of nitrogens with one attached hydrogen (secondary N) is 1. The lowest BCUT2D eigenvalue weighted by molar-refractivity contribution is -0.122. The fraction of sp³-hybridized carbons (Fsp3) is 0.562. The summed E-state index contributed by atoms with van der Waals surface area (Å²) in [5.41, 5.74) is 2.49. The number of hydrogen-bond donors (Lipinski definition) is 1. The lowest BCUT2D eigenvalue weighted by atomic mass is 9.90. The highest BCUT2D eigenvalue weighted by Crippen LogP contribution is 2.26. The van der Waals surface area contributed by atoms with Crippen LogP contribution in [0.4, 0.5) is 0 Å². The summed E-state index contributed by atoms with van der Waals surface area (Å²) in [6.07, 6.45) is 5.08. The summed E-state index contributed by atoms with van der Waals surface area (Å²) in [5.74, 6) is 0.308. The molecule has 19 heavy (non-hydrogen) atoms. The third-order valence-corrected chi connectivity index (χ3v) is 4.17. The number of fused-ring (bicyclic) bond motifs is 1. The third-order valence-electron chi connectivity index (χ3n) is 4.17. The maximum Gasteiger partial charge on any atom is 0.154 e. The fourth-order valence-corrected chi connectivity index (χ4v) is 3.11. The molecule has 1 saturated heterocycles. The third kappa shape index (κ3) is 2.88. The minimum absolute atomic E-state index is 0.105. The number of carbonyl (C=O) groups is 1. The number of Topliss-reactive ketones (excluding diaryl/α,β-unsaturated/α-hetero) is 1. The van der Waals surface area contributed by atoms with Crippen molar-refractivity contribution in [2.24, 2.45) is 0 Å². The van der Waals surface area contributed by atoms with Crippen LogP contribution in [0.5, 0.6) is 0 Å². The van der Waals surface area contributed by atoms with Crippen LogP contribution in [0.3, 0.4) is 0 Å². The molecule has 3 nitrogen and oxygen atoms in total. The Balaban J connectivity index is 1.64. The molecule has 2 aliphatic heterocycles. The van der Waals surface area contributed by atoms with Crippen LogP contribution in [-0.4, -0.2) is 25.0 Å². The molecular weight excluding hydrogens is 238 g/mol. The molecule has 0 aliphatic carbocycles. The zero-order chi connectivity index (χ0) is 13.1. The molecule has 2 atom stereocenters. The van der Waals surface area contributed by atoms with Gasteiger partial charge in [0.15, 0.2) is 5.78 Å². The Kier molecular flexibility index (Phi) is 3.95. The molecule has 2 aliphatic rings. The summed E-state index contributed by atoms with van der Waals surface area (Å²) in [4.78, 5) is 12.4. The normalized spacial score (nSPS) is 26.1. The molecule has 0 spiro atoms. The standard InChI is InChI=1S/C16H21NO2/c18-15(8-7-13-5-3-11-19-13)16-14-6-2-1-4-12(14)9-10-17-16/h1-2,4,6,13,16-17H,3,5,7-11H2. The zero-order valence-corrected chi connectivity index (χ0v) is 11.2. The van der Waals surface area contributed by atoms with Gasteiger partial charge in [-0.15, -0.1) is 0 Å². The summed E-state index contributed by atoms with van der Waals surface area (Å²) < 4.78 is 5.59. The number of ether oxygens (including phenoxy) is 1. The Hall–Kier alpha value is -1.19. The maximum absolute atomic E-state index is 12.4. The van der Waals surface area contributed by atoms with Gasteiger partial charge in [0.2, 0.25) is 0 Å². The lowest BCUT2D eigenvalue weighted by Crippen LogP contribution is -2.35. The van der Waals surface area contributed by atoms with Crippen molar-refractivity contribution in [3.05, 3.63) is 35.4 Å². The molecule has 102 valence electrons. The Bertz CT molecular complexity index is 452. The van der Waals surface area contributed by atoms with E-state index >= 15 is 0 Å². The van der Waals surface area contributed by atoms with Gasteiger partial charge in [-0.1, -0.05) is 24.3 Å². The minimum Gasteiger partial charge on any atom is -0.378 e. The average molecular weight is 259 g/mol. The Morgan fingerprint density at radius 1 is 1.37 bits per heavy atom. The summed E-state index contributed by atoms with van der Waals surface area (Å²) in [7, 11) is 0. The number of hydrogen-bond acceptors (Lipinski definition) is 3. The molecule has 1 fully saturated rings. The molecule has 2 heterocycles. The van der Waals surface area contributed by atoms with Gasteiger partial charge in [-0.2, -0.15) is 0 Å². The van der Waals surface area contributed by atoms with Crippen LogP contribution in [0.15, 0.2) is 24.3 Å². The van der Waals surface area contributed by atoms with Crippen LogP contribution < -0.4 is 5.32 Å². The van der Waals surface area contributed by atoms with Crippen molar-refractivity contribution in [2.75, 3.05) is 13.2 Å². The van der Waals surface area contributed by atoms with Crippen LogP contribution in [0.25, 0.3) is 0 Å². The molecule has 2 unspecified atom stereocenters. The maximum atomic E-state index is 12.4. The van der Waals surface area contributed by atoms with Gasteiger partial charge < -0.3 is 10.1 Å². The van der Waals surface area contributed by atoms with Gasteiger partial charge in [-0.25, -0.2) is 0 Å². The minimum atomic E-state index is -0.105. The lowest BCUT2D eigenvalue weighted by Gasteiger charge is -2.26. The average Bonchev–Trinajstić information content (AvgIpc) is 2.97. The number of rotatable bonds is 4. The molecule has 0 amide bonds. The van der Waals surface area contributed by atoms with E-state index in [1.54, 1.807) is 0 Å². The highest BCUT2D eigenvalue weighted by atomic mass is 16.5. The molecule has 0 aromatic heterocycles. The predicted octanol–water partition coefficient (Wildman–Crippen LogP) is 2.40. The van der Waals surface area contributed by atoms with E-state index < -0.39 is 0 Å². The number of carbonyl (C=O) groups excluding carboxylic acids is 1. The fourth-order valence-electron chi connectivity index (χ4n) is 3.11. The summed E-state index contributed by atoms with van der Waals surface area (Å²) in [5, 5.41) is 3.36. The van der Waals surface area contributed by atoms with Gasteiger partial charge in [0.25, 0.3) is 0 Å². The van der Waals surface area contributed by atoms with Crippen molar-refractivity contribution >= 4 is 5.78 Å². The van der Waals surface area contributed by atoms with Crippen LogP contribution in [0.2, 0.25) is 0 Å². The van der Waals surface area contributed by atoms with Crippen molar-refractivity contribution in [2.45, 2.75) is 44.2 Å². The van der Waals surface area contributed by atoms with E-state index in [2.05, 4.69) is 23.5 Å². The molecule has 0 radical (unpaired) electrons. The molecule has 3 heteroatoms. The first-order valence-corrected chi connectivity index (χ1v) is 7.30. The van der Waals surface area contributed by atoms with Gasteiger partial charge in [0, 0.05) is 19.6 Å². The second kappa shape index (κ2) is 5.85. The topological polar surface area (TPSA) is 38.3 Å². The Morgan fingerprint density at radius 2 is 2.26 bits per heavy atom. The monoisotopic (exact) mass is 259 g/mol. The first kappa shape index (κ1) is 12.8. The molecule has 1 N–H and O–H groups in total. The van der Waals surface area contributed by atoms with Gasteiger partial charge in [0.1, 0.15) is 0 Å². The van der Waals surface area contributed by atoms with Crippen molar-refractivity contribution < 1.29 is 9.53 Å². The summed E-state index contributed by atoms with van der Waals surface area (Å²) in [6, 6.07) is 8.18. The highest BCUT2D eigenvalue weighted by molar-refractivity contribution is 5.86. The second-order valence-corrected chi connectivity index (χ2v) is 5.48. The zero-order valence-electron chi connectivity index (χ0n) is 11.2. The van der Waals surface area contributed by atoms with E-state index in [0.29, 0.717) is 18.3 Å². The molecule has 1 aromatic rings. The van der Waals surface area contributed by atoms with E-state index in [1.807, 2.05) is 6.07 Å². The van der Waals surface area contributed by atoms with Crippen molar-refractivity contribution in [3.8, 4) is 0 Å². The summed E-state index contributed by atoms with van der Waals surface area (Å²) >= 11 is 0. The van der Waals surface area contributed by atoms with Crippen LogP contribution in [-0.2, 0) is 16.0 Å². The second-order valence-electron chi connectivity index (χ2n) is 5.48. The highest BCUT2D eigenvalue weighted by Gasteiger charge is 2.26. The van der Waals surface area contributed by atoms with Crippen molar-refractivity contribution in [3.63, 3.8) is 0 Å². The SMILES string of the molecule is O=C(CCC1CCCO1)C1NCCc2ccccc21. The van der Waals surface area contributed by atoms with Crippen LogP contribution >= 0.6 is 0 Å². The molecule has 3 rings (SSSR count). The van der Waals surface area contributed by atoms with Crippen LogP contribution in [0.1, 0.15) is 42.9 Å².